The first-order valence-corrected chi connectivity index (χ1v) is 8.26. The van der Waals surface area contributed by atoms with Gasteiger partial charge in [0.25, 0.3) is 0 Å². The summed E-state index contributed by atoms with van der Waals surface area (Å²) in [6.07, 6.45) is 5.56. The maximum absolute atomic E-state index is 5.69. The van der Waals surface area contributed by atoms with Gasteiger partial charge in [-0.15, -0.1) is 11.3 Å². The zero-order valence-corrected chi connectivity index (χ0v) is 13.0. The number of nitrogens with two attached hydrogens (primary N) is 1. The zero-order chi connectivity index (χ0) is 14.2. The van der Waals surface area contributed by atoms with Gasteiger partial charge in [-0.2, -0.15) is 0 Å². The Balaban J connectivity index is 1.78. The van der Waals surface area contributed by atoms with Crippen molar-refractivity contribution >= 4 is 11.3 Å². The van der Waals surface area contributed by atoms with Crippen LogP contribution in [0.5, 0.6) is 0 Å². The van der Waals surface area contributed by atoms with E-state index in [-0.39, 0.29) is 0 Å². The van der Waals surface area contributed by atoms with Crippen LogP contribution >= 0.6 is 11.3 Å². The standard InChI is InChI=1S/C17H24N2S/c1-2-14-8-10-15(11-9-14)13-16(19-18)5-3-6-17-7-4-12-20-17/h4,7-12,16,19H,2-3,5-6,13,18H2,1H3. The third kappa shape index (κ3) is 4.75. The molecule has 3 heteroatoms. The van der Waals surface area contributed by atoms with Crippen molar-refractivity contribution in [3.63, 3.8) is 0 Å². The summed E-state index contributed by atoms with van der Waals surface area (Å²) in [5, 5.41) is 2.14. The van der Waals surface area contributed by atoms with Crippen molar-refractivity contribution in [2.24, 2.45) is 5.84 Å². The molecule has 3 N–H and O–H groups in total. The molecule has 0 aliphatic carbocycles. The van der Waals surface area contributed by atoms with Crippen molar-refractivity contribution in [1.29, 1.82) is 0 Å². The number of hydrogen-bond acceptors (Lipinski definition) is 3. The molecule has 0 spiro atoms. The van der Waals surface area contributed by atoms with Crippen molar-refractivity contribution in [3.05, 3.63) is 57.8 Å². The second-order valence-electron chi connectivity index (χ2n) is 5.21. The number of aryl methyl sites for hydroxylation is 2. The largest absolute Gasteiger partial charge is 0.271 e. The molecule has 0 aliphatic rings. The lowest BCUT2D eigenvalue weighted by Gasteiger charge is -2.16. The molecule has 0 bridgehead atoms. The van der Waals surface area contributed by atoms with Crippen LogP contribution in [0.25, 0.3) is 0 Å². The van der Waals surface area contributed by atoms with Gasteiger partial charge in [-0.3, -0.25) is 11.3 Å². The molecule has 108 valence electrons. The second kappa shape index (κ2) is 8.20. The van der Waals surface area contributed by atoms with Gasteiger partial charge >= 0.3 is 0 Å². The minimum atomic E-state index is 0.363. The van der Waals surface area contributed by atoms with Crippen LogP contribution in [0, 0.1) is 0 Å². The second-order valence-corrected chi connectivity index (χ2v) is 6.24. The van der Waals surface area contributed by atoms with Gasteiger partial charge in [-0.1, -0.05) is 37.3 Å². The first-order chi connectivity index (χ1) is 9.81. The minimum Gasteiger partial charge on any atom is -0.271 e. The van der Waals surface area contributed by atoms with Crippen molar-refractivity contribution in [3.8, 4) is 0 Å². The van der Waals surface area contributed by atoms with Gasteiger partial charge in [0.05, 0.1) is 0 Å². The Morgan fingerprint density at radius 2 is 1.90 bits per heavy atom. The number of hydrogen-bond donors (Lipinski definition) is 2. The van der Waals surface area contributed by atoms with E-state index < -0.39 is 0 Å². The third-order valence-electron chi connectivity index (χ3n) is 3.70. The van der Waals surface area contributed by atoms with E-state index in [1.54, 1.807) is 0 Å². The predicted octanol–water partition coefficient (Wildman–Crippen LogP) is 3.71. The van der Waals surface area contributed by atoms with Gasteiger partial charge in [-0.25, -0.2) is 0 Å². The van der Waals surface area contributed by atoms with Gasteiger partial charge in [-0.05, 0) is 54.7 Å². The van der Waals surface area contributed by atoms with E-state index in [1.807, 2.05) is 11.3 Å². The normalized spacial score (nSPS) is 12.5. The van der Waals surface area contributed by atoms with Crippen LogP contribution in [0.3, 0.4) is 0 Å². The molecule has 2 aromatic rings. The molecule has 2 nitrogen and oxygen atoms in total. The first kappa shape index (κ1) is 15.2. The molecule has 2 rings (SSSR count). The first-order valence-electron chi connectivity index (χ1n) is 7.38. The fourth-order valence-corrected chi connectivity index (χ4v) is 3.17. The summed E-state index contributed by atoms with van der Waals surface area (Å²) in [7, 11) is 0. The highest BCUT2D eigenvalue weighted by molar-refractivity contribution is 7.09. The number of thiophene rings is 1. The summed E-state index contributed by atoms with van der Waals surface area (Å²) < 4.78 is 0. The van der Waals surface area contributed by atoms with Crippen molar-refractivity contribution in [2.75, 3.05) is 0 Å². The molecule has 0 amide bonds. The molecule has 1 atom stereocenters. The average molecular weight is 288 g/mol. The van der Waals surface area contributed by atoms with Crippen LogP contribution in [-0.2, 0) is 19.3 Å². The zero-order valence-electron chi connectivity index (χ0n) is 12.1. The smallest absolute Gasteiger partial charge is 0.0251 e. The van der Waals surface area contributed by atoms with Crippen molar-refractivity contribution < 1.29 is 0 Å². The molecule has 1 aromatic carbocycles. The maximum atomic E-state index is 5.69. The molecule has 1 heterocycles. The molecule has 0 fully saturated rings. The van der Waals surface area contributed by atoms with Crippen LogP contribution in [0.1, 0.15) is 35.8 Å². The van der Waals surface area contributed by atoms with E-state index >= 15 is 0 Å². The molecule has 0 saturated carbocycles. The van der Waals surface area contributed by atoms with Gasteiger partial charge in [0, 0.05) is 10.9 Å². The predicted molar refractivity (Wildman–Crippen MR) is 87.9 cm³/mol. The van der Waals surface area contributed by atoms with E-state index in [1.165, 1.54) is 22.4 Å². The lowest BCUT2D eigenvalue weighted by atomic mass is 10.00. The molecule has 1 aromatic heterocycles. The lowest BCUT2D eigenvalue weighted by molar-refractivity contribution is 0.477. The van der Waals surface area contributed by atoms with E-state index in [4.69, 9.17) is 5.84 Å². The fraction of sp³-hybridized carbons (Fsp3) is 0.412. The van der Waals surface area contributed by atoms with Crippen LogP contribution in [0.4, 0.5) is 0 Å². The SMILES string of the molecule is CCc1ccc(CC(CCCc2cccs2)NN)cc1. The highest BCUT2D eigenvalue weighted by Crippen LogP contribution is 2.14. The summed E-state index contributed by atoms with van der Waals surface area (Å²) in [4.78, 5) is 1.47. The summed E-state index contributed by atoms with van der Waals surface area (Å²) in [5.41, 5.74) is 5.72. The quantitative estimate of drug-likeness (QED) is 0.574. The summed E-state index contributed by atoms with van der Waals surface area (Å²) in [6, 6.07) is 13.6. The molecule has 0 saturated heterocycles. The minimum absolute atomic E-state index is 0.363. The molecule has 0 aliphatic heterocycles. The van der Waals surface area contributed by atoms with Gasteiger partial charge in [0.2, 0.25) is 0 Å². The fourth-order valence-electron chi connectivity index (χ4n) is 2.42. The Hall–Kier alpha value is -1.16. The molecule has 20 heavy (non-hydrogen) atoms. The lowest BCUT2D eigenvalue weighted by Crippen LogP contribution is -2.36. The summed E-state index contributed by atoms with van der Waals surface area (Å²) in [6.45, 7) is 2.18. The maximum Gasteiger partial charge on any atom is 0.0251 e. The molecule has 0 radical (unpaired) electrons. The van der Waals surface area contributed by atoms with E-state index in [0.717, 1.165) is 25.7 Å². The molecule has 1 unspecified atom stereocenters. The Morgan fingerprint density at radius 1 is 1.15 bits per heavy atom. The van der Waals surface area contributed by atoms with Gasteiger partial charge in [0.1, 0.15) is 0 Å². The van der Waals surface area contributed by atoms with Gasteiger partial charge in [0.15, 0.2) is 0 Å². The number of benzene rings is 1. The van der Waals surface area contributed by atoms with Crippen molar-refractivity contribution in [2.45, 2.75) is 45.1 Å². The van der Waals surface area contributed by atoms with Gasteiger partial charge < -0.3 is 0 Å². The van der Waals surface area contributed by atoms with Crippen LogP contribution in [0.2, 0.25) is 0 Å². The van der Waals surface area contributed by atoms with Crippen LogP contribution in [-0.4, -0.2) is 6.04 Å². The molecular weight excluding hydrogens is 264 g/mol. The molecular formula is C17H24N2S. The Kier molecular flexibility index (Phi) is 6.25. The third-order valence-corrected chi connectivity index (χ3v) is 4.64. The summed E-state index contributed by atoms with van der Waals surface area (Å²) in [5.74, 6) is 5.69. The average Bonchev–Trinajstić information content (AvgIpc) is 3.00. The highest BCUT2D eigenvalue weighted by atomic mass is 32.1. The number of nitrogens with one attached hydrogen (secondary N) is 1. The number of rotatable bonds is 8. The Morgan fingerprint density at radius 3 is 2.50 bits per heavy atom. The topological polar surface area (TPSA) is 38.0 Å². The van der Waals surface area contributed by atoms with Crippen molar-refractivity contribution in [1.82, 2.24) is 5.43 Å². The van der Waals surface area contributed by atoms with E-state index in [9.17, 15) is 0 Å². The number of hydrazine groups is 1. The van der Waals surface area contributed by atoms with E-state index in [0.29, 0.717) is 6.04 Å². The Labute approximate surface area is 126 Å². The van der Waals surface area contributed by atoms with Crippen LogP contribution in [0.15, 0.2) is 41.8 Å². The highest BCUT2D eigenvalue weighted by Gasteiger charge is 2.08. The summed E-state index contributed by atoms with van der Waals surface area (Å²) >= 11 is 1.84. The Bertz CT molecular complexity index is 476. The van der Waals surface area contributed by atoms with E-state index in [2.05, 4.69) is 54.1 Å². The monoisotopic (exact) mass is 288 g/mol. The van der Waals surface area contributed by atoms with Crippen LogP contribution < -0.4 is 11.3 Å².